The van der Waals surface area contributed by atoms with Crippen molar-refractivity contribution in [2.24, 2.45) is 0 Å². The Bertz CT molecular complexity index is 264. The first-order valence-electron chi connectivity index (χ1n) is 3.42. The van der Waals surface area contributed by atoms with Crippen molar-refractivity contribution in [3.8, 4) is 0 Å². The average Bonchev–Trinajstić information content (AvgIpc) is 2.36. The Hall–Kier alpha value is -0.460. The lowest BCUT2D eigenvalue weighted by Crippen LogP contribution is -2.39. The molecular weight excluding hydrogens is 185 g/mol. The maximum absolute atomic E-state index is 12.8. The number of hydrogen-bond donors (Lipinski definition) is 1. The fourth-order valence-electron chi connectivity index (χ4n) is 0.895. The van der Waals surface area contributed by atoms with Crippen molar-refractivity contribution in [3.63, 3.8) is 0 Å². The standard InChI is InChI=1S/C6H10FNO3S/c1-2-12(9,10)8-6-4-11-3-5(6)7/h2,5-6,8H,1,3-4H2/t5-,6-/m1/s1. The highest BCUT2D eigenvalue weighted by molar-refractivity contribution is 7.92. The van der Waals surface area contributed by atoms with Gasteiger partial charge in [0.15, 0.2) is 0 Å². The van der Waals surface area contributed by atoms with E-state index in [4.69, 9.17) is 4.74 Å². The molecule has 1 saturated heterocycles. The Morgan fingerprint density at radius 3 is 2.67 bits per heavy atom. The van der Waals surface area contributed by atoms with Crippen LogP contribution in [-0.4, -0.2) is 33.8 Å². The minimum atomic E-state index is -3.54. The zero-order valence-corrected chi connectivity index (χ0v) is 7.18. The first kappa shape index (κ1) is 9.63. The Labute approximate surface area is 70.5 Å². The van der Waals surface area contributed by atoms with E-state index >= 15 is 0 Å². The van der Waals surface area contributed by atoms with Gasteiger partial charge in [0.1, 0.15) is 6.17 Å². The smallest absolute Gasteiger partial charge is 0.233 e. The van der Waals surface area contributed by atoms with Gasteiger partial charge in [-0.25, -0.2) is 17.5 Å². The van der Waals surface area contributed by atoms with Crippen LogP contribution >= 0.6 is 0 Å². The van der Waals surface area contributed by atoms with Gasteiger partial charge in [-0.3, -0.25) is 0 Å². The summed E-state index contributed by atoms with van der Waals surface area (Å²) in [5.41, 5.74) is 0. The van der Waals surface area contributed by atoms with Gasteiger partial charge in [0, 0.05) is 5.41 Å². The molecule has 70 valence electrons. The maximum Gasteiger partial charge on any atom is 0.233 e. The van der Waals surface area contributed by atoms with Crippen LogP contribution in [0.1, 0.15) is 0 Å². The number of rotatable bonds is 3. The van der Waals surface area contributed by atoms with Gasteiger partial charge in [-0.15, -0.1) is 0 Å². The molecule has 0 unspecified atom stereocenters. The van der Waals surface area contributed by atoms with Crippen LogP contribution in [0.4, 0.5) is 4.39 Å². The summed E-state index contributed by atoms with van der Waals surface area (Å²) >= 11 is 0. The lowest BCUT2D eigenvalue weighted by molar-refractivity contribution is 0.173. The molecule has 12 heavy (non-hydrogen) atoms. The number of halogens is 1. The quantitative estimate of drug-likeness (QED) is 0.677. The van der Waals surface area contributed by atoms with Gasteiger partial charge in [0.05, 0.1) is 19.3 Å². The molecule has 0 saturated carbocycles. The molecule has 1 aliphatic rings. The predicted octanol–water partition coefficient (Wildman–Crippen LogP) is -0.214. The molecule has 1 rings (SSSR count). The van der Waals surface area contributed by atoms with E-state index in [9.17, 15) is 12.8 Å². The molecular formula is C6H10FNO3S. The molecule has 0 amide bonds. The first-order chi connectivity index (χ1) is 5.55. The van der Waals surface area contributed by atoms with Gasteiger partial charge < -0.3 is 4.74 Å². The lowest BCUT2D eigenvalue weighted by Gasteiger charge is -2.10. The van der Waals surface area contributed by atoms with Gasteiger partial charge in [-0.2, -0.15) is 0 Å². The monoisotopic (exact) mass is 195 g/mol. The number of hydrogen-bond acceptors (Lipinski definition) is 3. The Kier molecular flexibility index (Phi) is 2.81. The summed E-state index contributed by atoms with van der Waals surface area (Å²) in [4.78, 5) is 0. The highest BCUT2D eigenvalue weighted by atomic mass is 32.2. The molecule has 1 fully saturated rings. The van der Waals surface area contributed by atoms with Crippen LogP contribution in [0.15, 0.2) is 12.0 Å². The van der Waals surface area contributed by atoms with E-state index in [0.717, 1.165) is 5.41 Å². The molecule has 2 atom stereocenters. The SMILES string of the molecule is C=CS(=O)(=O)N[C@@H]1COC[C@H]1F. The average molecular weight is 195 g/mol. The molecule has 6 heteroatoms. The fraction of sp³-hybridized carbons (Fsp3) is 0.667. The predicted molar refractivity (Wildman–Crippen MR) is 41.8 cm³/mol. The third-order valence-electron chi connectivity index (χ3n) is 1.55. The summed E-state index contributed by atoms with van der Waals surface area (Å²) in [6, 6.07) is -0.770. The third kappa shape index (κ3) is 2.26. The van der Waals surface area contributed by atoms with E-state index in [1.807, 2.05) is 0 Å². The van der Waals surface area contributed by atoms with Crippen LogP contribution in [0.5, 0.6) is 0 Å². The van der Waals surface area contributed by atoms with Crippen molar-refractivity contribution >= 4 is 10.0 Å². The minimum Gasteiger partial charge on any atom is -0.377 e. The summed E-state index contributed by atoms with van der Waals surface area (Å²) in [7, 11) is -3.54. The van der Waals surface area contributed by atoms with Crippen molar-refractivity contribution in [1.29, 1.82) is 0 Å². The van der Waals surface area contributed by atoms with E-state index in [-0.39, 0.29) is 13.2 Å². The molecule has 1 N–H and O–H groups in total. The van der Waals surface area contributed by atoms with Gasteiger partial charge in [-0.05, 0) is 0 Å². The summed E-state index contributed by atoms with van der Waals surface area (Å²) < 4.78 is 41.3. The second-order valence-electron chi connectivity index (χ2n) is 2.49. The van der Waals surface area contributed by atoms with Crippen molar-refractivity contribution in [2.75, 3.05) is 13.2 Å². The summed E-state index contributed by atoms with van der Waals surface area (Å²) in [6.45, 7) is 3.11. The van der Waals surface area contributed by atoms with E-state index in [0.29, 0.717) is 0 Å². The Balaban J connectivity index is 2.57. The van der Waals surface area contributed by atoms with E-state index in [1.54, 1.807) is 0 Å². The number of nitrogens with one attached hydrogen (secondary N) is 1. The van der Waals surface area contributed by atoms with Crippen molar-refractivity contribution < 1.29 is 17.5 Å². The highest BCUT2D eigenvalue weighted by Gasteiger charge is 2.30. The van der Waals surface area contributed by atoms with Gasteiger partial charge in [0.2, 0.25) is 10.0 Å². The van der Waals surface area contributed by atoms with E-state index in [2.05, 4.69) is 11.3 Å². The molecule has 0 bridgehead atoms. The largest absolute Gasteiger partial charge is 0.377 e. The number of sulfonamides is 1. The third-order valence-corrected chi connectivity index (χ3v) is 2.62. The first-order valence-corrected chi connectivity index (χ1v) is 4.96. The molecule has 0 spiro atoms. The molecule has 0 radical (unpaired) electrons. The van der Waals surface area contributed by atoms with Crippen LogP contribution in [0.25, 0.3) is 0 Å². The maximum atomic E-state index is 12.8. The van der Waals surface area contributed by atoms with Crippen molar-refractivity contribution in [1.82, 2.24) is 4.72 Å². The lowest BCUT2D eigenvalue weighted by atomic mass is 10.2. The molecule has 0 aromatic carbocycles. The van der Waals surface area contributed by atoms with Crippen LogP contribution < -0.4 is 4.72 Å². The second kappa shape index (κ2) is 3.51. The van der Waals surface area contributed by atoms with Crippen LogP contribution in [0, 0.1) is 0 Å². The second-order valence-corrected chi connectivity index (χ2v) is 4.15. The zero-order chi connectivity index (χ0) is 9.19. The summed E-state index contributed by atoms with van der Waals surface area (Å²) in [6.07, 6.45) is -1.26. The van der Waals surface area contributed by atoms with Crippen LogP contribution in [0.2, 0.25) is 0 Å². The Morgan fingerprint density at radius 1 is 1.58 bits per heavy atom. The highest BCUT2D eigenvalue weighted by Crippen LogP contribution is 2.10. The Morgan fingerprint density at radius 2 is 2.25 bits per heavy atom. The van der Waals surface area contributed by atoms with E-state index in [1.165, 1.54) is 0 Å². The van der Waals surface area contributed by atoms with Crippen molar-refractivity contribution in [3.05, 3.63) is 12.0 Å². The normalized spacial score (nSPS) is 30.4. The van der Waals surface area contributed by atoms with Gasteiger partial charge >= 0.3 is 0 Å². The molecule has 0 aliphatic carbocycles. The van der Waals surface area contributed by atoms with E-state index < -0.39 is 22.2 Å². The fourth-order valence-corrected chi connectivity index (χ4v) is 1.63. The van der Waals surface area contributed by atoms with Gasteiger partial charge in [-0.1, -0.05) is 6.58 Å². The molecule has 1 heterocycles. The topological polar surface area (TPSA) is 55.4 Å². The summed E-state index contributed by atoms with van der Waals surface area (Å²) in [5, 5.41) is 0.748. The molecule has 4 nitrogen and oxygen atoms in total. The van der Waals surface area contributed by atoms with Crippen LogP contribution in [0.3, 0.4) is 0 Å². The zero-order valence-electron chi connectivity index (χ0n) is 6.36. The summed E-state index contributed by atoms with van der Waals surface area (Å²) in [5.74, 6) is 0. The van der Waals surface area contributed by atoms with Crippen LogP contribution in [-0.2, 0) is 14.8 Å². The van der Waals surface area contributed by atoms with Crippen molar-refractivity contribution in [2.45, 2.75) is 12.2 Å². The molecule has 0 aromatic rings. The number of ether oxygens (including phenoxy) is 1. The molecule has 1 aliphatic heterocycles. The minimum absolute atomic E-state index is 0.0513. The number of alkyl halides is 1. The van der Waals surface area contributed by atoms with Gasteiger partial charge in [0.25, 0.3) is 0 Å². The molecule has 0 aromatic heterocycles.